The average Bonchev–Trinajstić information content (AvgIpc) is 2.37. The van der Waals surface area contributed by atoms with Gasteiger partial charge in [-0.25, -0.2) is 0 Å². The summed E-state index contributed by atoms with van der Waals surface area (Å²) in [6.45, 7) is 2.20. The number of fused-ring (bicyclic) bond motifs is 1. The lowest BCUT2D eigenvalue weighted by atomic mass is 10.0. The highest BCUT2D eigenvalue weighted by molar-refractivity contribution is 9.09. The van der Waals surface area contributed by atoms with Gasteiger partial charge in [0, 0.05) is 0 Å². The first-order valence-electron chi connectivity index (χ1n) is 5.52. The summed E-state index contributed by atoms with van der Waals surface area (Å²) in [5.41, 5.74) is 0.946. The zero-order valence-electron chi connectivity index (χ0n) is 9.52. The summed E-state index contributed by atoms with van der Waals surface area (Å²) >= 11 is 3.40. The Labute approximate surface area is 109 Å². The van der Waals surface area contributed by atoms with E-state index in [0.717, 1.165) is 16.3 Å². The molecule has 2 aromatic rings. The monoisotopic (exact) mass is 292 g/mol. The first kappa shape index (κ1) is 12.1. The van der Waals surface area contributed by atoms with E-state index >= 15 is 0 Å². The zero-order chi connectivity index (χ0) is 12.3. The normalized spacial score (nSPS) is 12.4. The van der Waals surface area contributed by atoms with Gasteiger partial charge in [-0.05, 0) is 23.3 Å². The molecule has 17 heavy (non-hydrogen) atoms. The van der Waals surface area contributed by atoms with Crippen LogP contribution in [0.15, 0.2) is 42.5 Å². The van der Waals surface area contributed by atoms with Crippen LogP contribution in [-0.4, -0.2) is 12.6 Å². The van der Waals surface area contributed by atoms with Gasteiger partial charge in [0.05, 0.1) is 6.61 Å². The number of carbonyl (C=O) groups excluding carboxylic acids is 1. The van der Waals surface area contributed by atoms with E-state index in [1.807, 2.05) is 42.5 Å². The number of halogens is 1. The van der Waals surface area contributed by atoms with E-state index in [4.69, 9.17) is 4.74 Å². The predicted molar refractivity (Wildman–Crippen MR) is 72.2 cm³/mol. The van der Waals surface area contributed by atoms with Gasteiger partial charge in [0.2, 0.25) is 0 Å². The molecule has 0 spiro atoms. The first-order valence-corrected chi connectivity index (χ1v) is 6.44. The largest absolute Gasteiger partial charge is 0.465 e. The number of alkyl halides is 1. The predicted octanol–water partition coefficient (Wildman–Crippen LogP) is 3.84. The third-order valence-corrected chi connectivity index (χ3v) is 3.46. The van der Waals surface area contributed by atoms with Gasteiger partial charge in [-0.15, -0.1) is 0 Å². The minimum atomic E-state index is -0.409. The maximum absolute atomic E-state index is 11.7. The van der Waals surface area contributed by atoms with Crippen molar-refractivity contribution in [3.8, 4) is 0 Å². The molecule has 0 fully saturated rings. The summed E-state index contributed by atoms with van der Waals surface area (Å²) in [6.07, 6.45) is 0. The first-order chi connectivity index (χ1) is 8.24. The SMILES string of the molecule is CCOC(=O)C(Br)c1cccc2ccccc12. The van der Waals surface area contributed by atoms with Crippen LogP contribution in [0.2, 0.25) is 0 Å². The molecule has 0 N–H and O–H groups in total. The highest BCUT2D eigenvalue weighted by Crippen LogP contribution is 2.30. The third kappa shape index (κ3) is 2.50. The van der Waals surface area contributed by atoms with Crippen molar-refractivity contribution in [2.24, 2.45) is 0 Å². The lowest BCUT2D eigenvalue weighted by Gasteiger charge is -2.12. The van der Waals surface area contributed by atoms with E-state index in [2.05, 4.69) is 15.9 Å². The molecule has 1 unspecified atom stereocenters. The van der Waals surface area contributed by atoms with Crippen LogP contribution in [-0.2, 0) is 9.53 Å². The Morgan fingerprint density at radius 2 is 1.94 bits per heavy atom. The minimum Gasteiger partial charge on any atom is -0.465 e. The second-order valence-electron chi connectivity index (χ2n) is 3.68. The summed E-state index contributed by atoms with van der Waals surface area (Å²) in [7, 11) is 0. The fourth-order valence-electron chi connectivity index (χ4n) is 1.81. The van der Waals surface area contributed by atoms with E-state index in [1.54, 1.807) is 6.92 Å². The molecule has 0 amide bonds. The Morgan fingerprint density at radius 1 is 1.24 bits per heavy atom. The molecule has 0 saturated carbocycles. The Bertz CT molecular complexity index is 531. The van der Waals surface area contributed by atoms with Crippen molar-refractivity contribution in [2.75, 3.05) is 6.61 Å². The molecule has 88 valence electrons. The minimum absolute atomic E-state index is 0.246. The number of esters is 1. The molecular weight excluding hydrogens is 280 g/mol. The van der Waals surface area contributed by atoms with Crippen LogP contribution in [0.25, 0.3) is 10.8 Å². The van der Waals surface area contributed by atoms with Crippen LogP contribution in [0.5, 0.6) is 0 Å². The van der Waals surface area contributed by atoms with E-state index in [9.17, 15) is 4.79 Å². The second-order valence-corrected chi connectivity index (χ2v) is 4.60. The average molecular weight is 293 g/mol. The molecule has 0 bridgehead atoms. The van der Waals surface area contributed by atoms with Crippen LogP contribution in [0.4, 0.5) is 0 Å². The summed E-state index contributed by atoms with van der Waals surface area (Å²) in [6, 6.07) is 13.9. The standard InChI is InChI=1S/C14H13BrO2/c1-2-17-14(16)13(15)12-9-5-7-10-6-3-4-8-11(10)12/h3-9,13H,2H2,1H3. The van der Waals surface area contributed by atoms with Gasteiger partial charge in [-0.3, -0.25) is 4.79 Å². The lowest BCUT2D eigenvalue weighted by Crippen LogP contribution is -2.10. The van der Waals surface area contributed by atoms with Gasteiger partial charge >= 0.3 is 5.97 Å². The Kier molecular flexibility index (Phi) is 3.79. The van der Waals surface area contributed by atoms with Crippen molar-refractivity contribution in [3.63, 3.8) is 0 Å². The van der Waals surface area contributed by atoms with Crippen LogP contribution in [0.3, 0.4) is 0 Å². The molecule has 2 aromatic carbocycles. The number of hydrogen-bond donors (Lipinski definition) is 0. The Balaban J connectivity index is 2.44. The molecule has 0 heterocycles. The van der Waals surface area contributed by atoms with Gasteiger partial charge in [0.25, 0.3) is 0 Å². The summed E-state index contributed by atoms with van der Waals surface area (Å²) in [4.78, 5) is 11.3. The van der Waals surface area contributed by atoms with Gasteiger partial charge in [-0.2, -0.15) is 0 Å². The van der Waals surface area contributed by atoms with Crippen LogP contribution in [0.1, 0.15) is 17.3 Å². The molecule has 0 aliphatic carbocycles. The van der Waals surface area contributed by atoms with Crippen molar-refractivity contribution in [1.29, 1.82) is 0 Å². The number of carbonyl (C=O) groups is 1. The smallest absolute Gasteiger partial charge is 0.324 e. The molecule has 1 atom stereocenters. The lowest BCUT2D eigenvalue weighted by molar-refractivity contribution is -0.142. The molecule has 2 rings (SSSR count). The zero-order valence-corrected chi connectivity index (χ0v) is 11.1. The maximum Gasteiger partial charge on any atom is 0.324 e. The maximum atomic E-state index is 11.7. The van der Waals surface area contributed by atoms with Gasteiger partial charge in [-0.1, -0.05) is 58.4 Å². The molecular formula is C14H13BrO2. The van der Waals surface area contributed by atoms with Crippen LogP contribution >= 0.6 is 15.9 Å². The van der Waals surface area contributed by atoms with Crippen molar-refractivity contribution in [1.82, 2.24) is 0 Å². The molecule has 0 radical (unpaired) electrons. The number of hydrogen-bond acceptors (Lipinski definition) is 2. The van der Waals surface area contributed by atoms with Crippen LogP contribution in [0, 0.1) is 0 Å². The highest BCUT2D eigenvalue weighted by atomic mass is 79.9. The number of ether oxygens (including phenoxy) is 1. The molecule has 0 aromatic heterocycles. The fraction of sp³-hybridized carbons (Fsp3) is 0.214. The van der Waals surface area contributed by atoms with Crippen LogP contribution < -0.4 is 0 Å². The van der Waals surface area contributed by atoms with Crippen molar-refractivity contribution < 1.29 is 9.53 Å². The number of rotatable bonds is 3. The van der Waals surface area contributed by atoms with E-state index in [1.165, 1.54) is 0 Å². The summed E-state index contributed by atoms with van der Waals surface area (Å²) in [5.74, 6) is -0.246. The van der Waals surface area contributed by atoms with E-state index in [-0.39, 0.29) is 5.97 Å². The van der Waals surface area contributed by atoms with Crippen molar-refractivity contribution in [3.05, 3.63) is 48.0 Å². The van der Waals surface area contributed by atoms with Gasteiger partial charge < -0.3 is 4.74 Å². The van der Waals surface area contributed by atoms with Crippen molar-refractivity contribution in [2.45, 2.75) is 11.8 Å². The van der Waals surface area contributed by atoms with E-state index in [0.29, 0.717) is 6.61 Å². The van der Waals surface area contributed by atoms with E-state index < -0.39 is 4.83 Å². The molecule has 0 saturated heterocycles. The summed E-state index contributed by atoms with van der Waals surface area (Å²) < 4.78 is 5.02. The quantitative estimate of drug-likeness (QED) is 0.635. The summed E-state index contributed by atoms with van der Waals surface area (Å²) in [5, 5.41) is 2.20. The van der Waals surface area contributed by atoms with Crippen molar-refractivity contribution >= 4 is 32.7 Å². The third-order valence-electron chi connectivity index (χ3n) is 2.59. The van der Waals surface area contributed by atoms with Gasteiger partial charge in [0.15, 0.2) is 0 Å². The van der Waals surface area contributed by atoms with Gasteiger partial charge in [0.1, 0.15) is 4.83 Å². The Morgan fingerprint density at radius 3 is 2.71 bits per heavy atom. The molecule has 0 aliphatic rings. The Hall–Kier alpha value is -1.35. The molecule has 0 aliphatic heterocycles. The topological polar surface area (TPSA) is 26.3 Å². The number of benzene rings is 2. The molecule has 2 nitrogen and oxygen atoms in total. The fourth-order valence-corrected chi connectivity index (χ4v) is 2.35. The molecule has 3 heteroatoms. The highest BCUT2D eigenvalue weighted by Gasteiger charge is 2.19. The second kappa shape index (κ2) is 5.32.